The Bertz CT molecular complexity index is 284. The number of hydrogen-bond acceptors (Lipinski definition) is 4. The molecule has 0 spiro atoms. The average Bonchev–Trinajstić information content (AvgIpc) is 2.21. The summed E-state index contributed by atoms with van der Waals surface area (Å²) in [6, 6.07) is 0.491. The first-order valence-corrected chi connectivity index (χ1v) is 7.12. The predicted octanol–water partition coefficient (Wildman–Crippen LogP) is -0.359. The van der Waals surface area contributed by atoms with Gasteiger partial charge in [-0.3, -0.25) is 4.90 Å². The molecule has 1 atom stereocenters. The summed E-state index contributed by atoms with van der Waals surface area (Å²) < 4.78 is 24.9. The molecular weight excluding hydrogens is 250 g/mol. The maximum Gasteiger partial charge on any atom is 0.211 e. The van der Waals surface area contributed by atoms with Crippen LogP contribution < -0.4 is 10.0 Å². The minimum Gasteiger partial charge on any atom is -0.314 e. The molecule has 5 nitrogen and oxygen atoms in total. The van der Waals surface area contributed by atoms with Crippen molar-refractivity contribution in [1.82, 2.24) is 14.9 Å². The summed E-state index contributed by atoms with van der Waals surface area (Å²) in [4.78, 5) is 2.30. The second kappa shape index (κ2) is 7.45. The fourth-order valence-electron chi connectivity index (χ4n) is 1.66. The summed E-state index contributed by atoms with van der Waals surface area (Å²) in [5.74, 6) is 0.157. The molecule has 0 aliphatic carbocycles. The molecule has 98 valence electrons. The Morgan fingerprint density at radius 2 is 2.19 bits per heavy atom. The molecule has 0 bridgehead atoms. The topological polar surface area (TPSA) is 61.4 Å². The molecule has 7 heteroatoms. The van der Waals surface area contributed by atoms with E-state index in [0.717, 1.165) is 26.2 Å². The van der Waals surface area contributed by atoms with Crippen molar-refractivity contribution >= 4 is 22.4 Å². The fourth-order valence-corrected chi connectivity index (χ4v) is 2.27. The van der Waals surface area contributed by atoms with Crippen LogP contribution in [-0.4, -0.2) is 57.8 Å². The first-order valence-electron chi connectivity index (χ1n) is 5.47. The largest absolute Gasteiger partial charge is 0.314 e. The summed E-state index contributed by atoms with van der Waals surface area (Å²) in [6.45, 7) is 8.08. The second-order valence-electron chi connectivity index (χ2n) is 3.89. The van der Waals surface area contributed by atoms with Crippen molar-refractivity contribution in [2.75, 3.05) is 38.5 Å². The molecule has 1 fully saturated rings. The van der Waals surface area contributed by atoms with Gasteiger partial charge in [0.25, 0.3) is 0 Å². The lowest BCUT2D eigenvalue weighted by molar-refractivity contribution is 0.177. The zero-order valence-corrected chi connectivity index (χ0v) is 11.5. The quantitative estimate of drug-likeness (QED) is 0.717. The van der Waals surface area contributed by atoms with Crippen LogP contribution in [0.15, 0.2) is 0 Å². The van der Waals surface area contributed by atoms with E-state index in [0.29, 0.717) is 12.6 Å². The lowest BCUT2D eigenvalue weighted by Gasteiger charge is -2.33. The van der Waals surface area contributed by atoms with Crippen molar-refractivity contribution in [2.45, 2.75) is 19.9 Å². The Hall–Kier alpha value is 0.120. The van der Waals surface area contributed by atoms with E-state index in [2.05, 4.69) is 21.9 Å². The first kappa shape index (κ1) is 16.1. The third kappa shape index (κ3) is 5.45. The molecule has 0 amide bonds. The molecule has 0 saturated carbocycles. The average molecular weight is 272 g/mol. The highest BCUT2D eigenvalue weighted by Gasteiger charge is 2.17. The smallest absolute Gasteiger partial charge is 0.211 e. The standard InChI is InChI=1S/C9H21N3O2S.ClH/c1-3-15(13,14)11-5-7-12-6-4-10-8-9(12)2;/h9-11H,3-8H2,1-2H3;1H/t9-;/m0./s1. The molecule has 0 aromatic rings. The molecule has 0 aromatic heterocycles. The molecule has 1 aliphatic heterocycles. The zero-order chi connectivity index (χ0) is 11.3. The number of nitrogens with zero attached hydrogens (tertiary/aromatic N) is 1. The summed E-state index contributed by atoms with van der Waals surface area (Å²) >= 11 is 0. The molecule has 0 unspecified atom stereocenters. The van der Waals surface area contributed by atoms with Gasteiger partial charge in [-0.2, -0.15) is 0 Å². The van der Waals surface area contributed by atoms with E-state index in [-0.39, 0.29) is 18.2 Å². The lowest BCUT2D eigenvalue weighted by Crippen LogP contribution is -2.51. The van der Waals surface area contributed by atoms with E-state index in [4.69, 9.17) is 0 Å². The van der Waals surface area contributed by atoms with Gasteiger partial charge in [0.1, 0.15) is 0 Å². The van der Waals surface area contributed by atoms with Crippen molar-refractivity contribution < 1.29 is 8.42 Å². The van der Waals surface area contributed by atoms with Crippen molar-refractivity contribution in [3.63, 3.8) is 0 Å². The van der Waals surface area contributed by atoms with E-state index in [9.17, 15) is 8.42 Å². The van der Waals surface area contributed by atoms with E-state index < -0.39 is 10.0 Å². The van der Waals surface area contributed by atoms with Gasteiger partial charge in [-0.05, 0) is 13.8 Å². The number of rotatable bonds is 5. The van der Waals surface area contributed by atoms with Crippen LogP contribution in [-0.2, 0) is 10.0 Å². The lowest BCUT2D eigenvalue weighted by atomic mass is 10.2. The number of piperazine rings is 1. The van der Waals surface area contributed by atoms with Gasteiger partial charge < -0.3 is 5.32 Å². The highest BCUT2D eigenvalue weighted by Crippen LogP contribution is 2.00. The maximum atomic E-state index is 11.2. The molecule has 2 N–H and O–H groups in total. The number of nitrogens with one attached hydrogen (secondary N) is 2. The van der Waals surface area contributed by atoms with Gasteiger partial charge in [0.2, 0.25) is 10.0 Å². The van der Waals surface area contributed by atoms with Crippen LogP contribution >= 0.6 is 12.4 Å². The summed E-state index contributed by atoms with van der Waals surface area (Å²) in [6.07, 6.45) is 0. The van der Waals surface area contributed by atoms with E-state index in [1.807, 2.05) is 0 Å². The van der Waals surface area contributed by atoms with Gasteiger partial charge in [-0.25, -0.2) is 13.1 Å². The van der Waals surface area contributed by atoms with Crippen LogP contribution in [0.4, 0.5) is 0 Å². The molecule has 1 saturated heterocycles. The normalized spacial score (nSPS) is 22.8. The van der Waals surface area contributed by atoms with Crippen LogP contribution in [0, 0.1) is 0 Å². The Balaban J connectivity index is 0.00000225. The van der Waals surface area contributed by atoms with Crippen molar-refractivity contribution in [3.05, 3.63) is 0 Å². The van der Waals surface area contributed by atoms with Crippen molar-refractivity contribution in [3.8, 4) is 0 Å². The molecule has 0 aromatic carbocycles. The molecule has 1 aliphatic rings. The highest BCUT2D eigenvalue weighted by molar-refractivity contribution is 7.89. The fraction of sp³-hybridized carbons (Fsp3) is 1.00. The Kier molecular flexibility index (Phi) is 7.50. The Morgan fingerprint density at radius 1 is 1.50 bits per heavy atom. The molecule has 0 radical (unpaired) electrons. The van der Waals surface area contributed by atoms with Gasteiger partial charge in [-0.1, -0.05) is 0 Å². The van der Waals surface area contributed by atoms with Crippen LogP contribution in [0.25, 0.3) is 0 Å². The summed E-state index contributed by atoms with van der Waals surface area (Å²) in [5, 5.41) is 3.30. The van der Waals surface area contributed by atoms with Gasteiger partial charge >= 0.3 is 0 Å². The van der Waals surface area contributed by atoms with Gasteiger partial charge in [-0.15, -0.1) is 12.4 Å². The third-order valence-corrected chi connectivity index (χ3v) is 4.14. The third-order valence-electron chi connectivity index (χ3n) is 2.74. The van der Waals surface area contributed by atoms with Gasteiger partial charge in [0, 0.05) is 38.8 Å². The van der Waals surface area contributed by atoms with E-state index in [1.165, 1.54) is 0 Å². The van der Waals surface area contributed by atoms with E-state index in [1.54, 1.807) is 6.92 Å². The van der Waals surface area contributed by atoms with Gasteiger partial charge in [0.05, 0.1) is 5.75 Å². The van der Waals surface area contributed by atoms with Crippen molar-refractivity contribution in [2.24, 2.45) is 0 Å². The number of halogens is 1. The van der Waals surface area contributed by atoms with E-state index >= 15 is 0 Å². The predicted molar refractivity (Wildman–Crippen MR) is 68.6 cm³/mol. The molecule has 1 heterocycles. The highest BCUT2D eigenvalue weighted by atomic mass is 35.5. The van der Waals surface area contributed by atoms with Crippen LogP contribution in [0.5, 0.6) is 0 Å². The van der Waals surface area contributed by atoms with Gasteiger partial charge in [0.15, 0.2) is 0 Å². The minimum absolute atomic E-state index is 0. The molecule has 1 rings (SSSR count). The van der Waals surface area contributed by atoms with Crippen LogP contribution in [0.3, 0.4) is 0 Å². The molecular formula is C9H22ClN3O2S. The Labute approximate surface area is 104 Å². The summed E-state index contributed by atoms with van der Waals surface area (Å²) in [5.41, 5.74) is 0. The first-order chi connectivity index (χ1) is 7.05. The second-order valence-corrected chi connectivity index (χ2v) is 5.98. The van der Waals surface area contributed by atoms with Crippen LogP contribution in [0.1, 0.15) is 13.8 Å². The van der Waals surface area contributed by atoms with Crippen molar-refractivity contribution in [1.29, 1.82) is 0 Å². The van der Waals surface area contributed by atoms with Crippen LogP contribution in [0.2, 0.25) is 0 Å². The monoisotopic (exact) mass is 271 g/mol. The minimum atomic E-state index is -3.03. The SMILES string of the molecule is CCS(=O)(=O)NCCN1CCNC[C@@H]1C.Cl. The number of sulfonamides is 1. The zero-order valence-electron chi connectivity index (χ0n) is 9.90. The Morgan fingerprint density at radius 3 is 2.75 bits per heavy atom. The number of hydrogen-bond donors (Lipinski definition) is 2. The summed E-state index contributed by atoms with van der Waals surface area (Å²) in [7, 11) is -3.03. The maximum absolute atomic E-state index is 11.2. The molecule has 16 heavy (non-hydrogen) atoms.